The van der Waals surface area contributed by atoms with Crippen LogP contribution in [-0.4, -0.2) is 44.4 Å². The maximum absolute atomic E-state index is 5.66. The summed E-state index contributed by atoms with van der Waals surface area (Å²) in [6.07, 6.45) is 1.41. The van der Waals surface area contributed by atoms with Crippen LogP contribution in [0.4, 0.5) is 11.6 Å². The molecule has 0 spiro atoms. The number of ether oxygens (including phenoxy) is 2. The van der Waals surface area contributed by atoms with E-state index in [0.717, 1.165) is 0 Å². The fourth-order valence-electron chi connectivity index (χ4n) is 1.18. The van der Waals surface area contributed by atoms with Crippen molar-refractivity contribution in [1.29, 1.82) is 0 Å². The van der Waals surface area contributed by atoms with Gasteiger partial charge in [0.2, 0.25) is 5.75 Å². The Bertz CT molecular complexity index is 319. The molecule has 0 aliphatic heterocycles. The van der Waals surface area contributed by atoms with Crippen molar-refractivity contribution in [2.45, 2.75) is 0 Å². The van der Waals surface area contributed by atoms with E-state index in [1.807, 2.05) is 11.9 Å². The number of methoxy groups -OCH3 is 2. The maximum Gasteiger partial charge on any atom is 0.204 e. The van der Waals surface area contributed by atoms with Crippen LogP contribution in [0.3, 0.4) is 0 Å². The molecule has 0 aliphatic carbocycles. The molecule has 0 saturated heterocycles. The third kappa shape index (κ3) is 2.69. The predicted molar refractivity (Wildman–Crippen MR) is 58.1 cm³/mol. The van der Waals surface area contributed by atoms with Gasteiger partial charge in [-0.25, -0.2) is 9.97 Å². The molecule has 0 aromatic carbocycles. The van der Waals surface area contributed by atoms with E-state index >= 15 is 0 Å². The Morgan fingerprint density at radius 1 is 1.40 bits per heavy atom. The number of rotatable bonds is 5. The van der Waals surface area contributed by atoms with E-state index in [-0.39, 0.29) is 0 Å². The second kappa shape index (κ2) is 5.35. The van der Waals surface area contributed by atoms with Gasteiger partial charge in [-0.2, -0.15) is 0 Å². The van der Waals surface area contributed by atoms with E-state index in [9.17, 15) is 0 Å². The Hall–Kier alpha value is -1.56. The van der Waals surface area contributed by atoms with Crippen molar-refractivity contribution in [3.05, 3.63) is 6.33 Å². The van der Waals surface area contributed by atoms with E-state index < -0.39 is 0 Å². The van der Waals surface area contributed by atoms with Gasteiger partial charge in [-0.15, -0.1) is 0 Å². The van der Waals surface area contributed by atoms with Gasteiger partial charge in [0.25, 0.3) is 0 Å². The highest BCUT2D eigenvalue weighted by Gasteiger charge is 2.13. The van der Waals surface area contributed by atoms with E-state index in [2.05, 4.69) is 9.97 Å². The van der Waals surface area contributed by atoms with Gasteiger partial charge < -0.3 is 20.1 Å². The zero-order valence-corrected chi connectivity index (χ0v) is 9.23. The largest absolute Gasteiger partial charge is 0.490 e. The molecule has 0 bridgehead atoms. The van der Waals surface area contributed by atoms with E-state index in [1.54, 1.807) is 14.2 Å². The molecule has 0 fully saturated rings. The molecule has 1 aromatic heterocycles. The van der Waals surface area contributed by atoms with Crippen LogP contribution in [0, 0.1) is 0 Å². The lowest BCUT2D eigenvalue weighted by Crippen LogP contribution is -2.24. The smallest absolute Gasteiger partial charge is 0.204 e. The molecule has 15 heavy (non-hydrogen) atoms. The Labute approximate surface area is 89.0 Å². The first-order valence-corrected chi connectivity index (χ1v) is 4.55. The van der Waals surface area contributed by atoms with Crippen molar-refractivity contribution in [1.82, 2.24) is 9.97 Å². The van der Waals surface area contributed by atoms with Crippen LogP contribution in [0.5, 0.6) is 5.75 Å². The van der Waals surface area contributed by atoms with Crippen molar-refractivity contribution in [3.63, 3.8) is 0 Å². The van der Waals surface area contributed by atoms with E-state index in [1.165, 1.54) is 6.33 Å². The highest BCUT2D eigenvalue weighted by Crippen LogP contribution is 2.28. The van der Waals surface area contributed by atoms with Crippen molar-refractivity contribution in [2.75, 3.05) is 45.1 Å². The molecule has 0 aliphatic rings. The average molecular weight is 212 g/mol. The number of nitrogens with zero attached hydrogens (tertiary/aromatic N) is 3. The summed E-state index contributed by atoms with van der Waals surface area (Å²) in [6, 6.07) is 0. The first kappa shape index (κ1) is 11.5. The monoisotopic (exact) mass is 212 g/mol. The Morgan fingerprint density at radius 3 is 2.73 bits per heavy atom. The minimum atomic E-state index is 0.340. The van der Waals surface area contributed by atoms with Gasteiger partial charge in [0, 0.05) is 20.7 Å². The molecule has 0 atom stereocenters. The summed E-state index contributed by atoms with van der Waals surface area (Å²) in [7, 11) is 5.09. The highest BCUT2D eigenvalue weighted by atomic mass is 16.5. The molecule has 2 N–H and O–H groups in total. The first-order valence-electron chi connectivity index (χ1n) is 4.55. The quantitative estimate of drug-likeness (QED) is 0.749. The first-order chi connectivity index (χ1) is 7.20. The molecular formula is C9H16N4O2. The molecule has 1 aromatic rings. The summed E-state index contributed by atoms with van der Waals surface area (Å²) in [4.78, 5) is 9.88. The van der Waals surface area contributed by atoms with E-state index in [4.69, 9.17) is 15.2 Å². The van der Waals surface area contributed by atoms with Crippen molar-refractivity contribution < 1.29 is 9.47 Å². The zero-order valence-electron chi connectivity index (χ0n) is 9.23. The molecule has 0 radical (unpaired) electrons. The Balaban J connectivity index is 2.87. The van der Waals surface area contributed by atoms with Crippen molar-refractivity contribution >= 4 is 11.6 Å². The van der Waals surface area contributed by atoms with Gasteiger partial charge in [0.15, 0.2) is 11.6 Å². The summed E-state index contributed by atoms with van der Waals surface area (Å²) in [5.41, 5.74) is 5.66. The third-order valence-corrected chi connectivity index (χ3v) is 2.01. The number of likely N-dealkylation sites (N-methyl/N-ethyl adjacent to an activating group) is 1. The van der Waals surface area contributed by atoms with Crippen molar-refractivity contribution in [3.8, 4) is 5.75 Å². The minimum Gasteiger partial charge on any atom is -0.490 e. The molecule has 0 saturated carbocycles. The minimum absolute atomic E-state index is 0.340. The second-order valence-corrected chi connectivity index (χ2v) is 3.03. The van der Waals surface area contributed by atoms with Gasteiger partial charge in [-0.3, -0.25) is 0 Å². The SMILES string of the molecule is COCCN(C)c1ncnc(N)c1OC. The number of anilines is 2. The van der Waals surface area contributed by atoms with Crippen LogP contribution in [-0.2, 0) is 4.74 Å². The number of nitrogens with two attached hydrogens (primary N) is 1. The van der Waals surface area contributed by atoms with Gasteiger partial charge >= 0.3 is 0 Å². The number of aromatic nitrogens is 2. The summed E-state index contributed by atoms with van der Waals surface area (Å²) in [5.74, 6) is 1.50. The Morgan fingerprint density at radius 2 is 2.13 bits per heavy atom. The van der Waals surface area contributed by atoms with Crippen LogP contribution in [0.15, 0.2) is 6.33 Å². The molecule has 1 heterocycles. The van der Waals surface area contributed by atoms with Crippen LogP contribution in [0.1, 0.15) is 0 Å². The molecule has 0 unspecified atom stereocenters. The van der Waals surface area contributed by atoms with Gasteiger partial charge in [-0.05, 0) is 0 Å². The van der Waals surface area contributed by atoms with Crippen LogP contribution < -0.4 is 15.4 Å². The fourth-order valence-corrected chi connectivity index (χ4v) is 1.18. The molecular weight excluding hydrogens is 196 g/mol. The molecule has 0 amide bonds. The van der Waals surface area contributed by atoms with Crippen LogP contribution in [0.2, 0.25) is 0 Å². The number of hydrogen-bond donors (Lipinski definition) is 1. The number of hydrogen-bond acceptors (Lipinski definition) is 6. The van der Waals surface area contributed by atoms with Crippen molar-refractivity contribution in [2.24, 2.45) is 0 Å². The van der Waals surface area contributed by atoms with Gasteiger partial charge in [0.1, 0.15) is 6.33 Å². The lowest BCUT2D eigenvalue weighted by Gasteiger charge is -2.20. The predicted octanol–water partition coefficient (Wildman–Crippen LogP) is 0.150. The topological polar surface area (TPSA) is 73.5 Å². The average Bonchev–Trinajstić information content (AvgIpc) is 2.25. The van der Waals surface area contributed by atoms with Crippen LogP contribution in [0.25, 0.3) is 0 Å². The standard InChI is InChI=1S/C9H16N4O2/c1-13(4-5-14-2)9-7(15-3)8(10)11-6-12-9/h6H,4-5H2,1-3H3,(H2,10,11,12). The van der Waals surface area contributed by atoms with Crippen LogP contribution >= 0.6 is 0 Å². The molecule has 84 valence electrons. The molecule has 6 nitrogen and oxygen atoms in total. The second-order valence-electron chi connectivity index (χ2n) is 3.03. The third-order valence-electron chi connectivity index (χ3n) is 2.01. The van der Waals surface area contributed by atoms with Gasteiger partial charge in [0.05, 0.1) is 13.7 Å². The molecule has 6 heteroatoms. The highest BCUT2D eigenvalue weighted by molar-refractivity contribution is 5.62. The molecule has 1 rings (SSSR count). The summed E-state index contributed by atoms with van der Waals surface area (Å²) in [5, 5.41) is 0. The lowest BCUT2D eigenvalue weighted by atomic mass is 10.4. The van der Waals surface area contributed by atoms with Gasteiger partial charge in [-0.1, -0.05) is 0 Å². The Kier molecular flexibility index (Phi) is 4.11. The zero-order chi connectivity index (χ0) is 11.3. The lowest BCUT2D eigenvalue weighted by molar-refractivity contribution is 0.206. The fraction of sp³-hybridized carbons (Fsp3) is 0.556. The maximum atomic E-state index is 5.66. The normalized spacial score (nSPS) is 10.1. The number of nitrogen functional groups attached to an aromatic ring is 1. The van der Waals surface area contributed by atoms with E-state index in [0.29, 0.717) is 30.5 Å². The summed E-state index contributed by atoms with van der Waals surface area (Å²) in [6.45, 7) is 1.33. The summed E-state index contributed by atoms with van der Waals surface area (Å²) >= 11 is 0. The summed E-state index contributed by atoms with van der Waals surface area (Å²) < 4.78 is 10.1.